The number of nitrogens with one attached hydrogen (secondary N) is 1. The largest absolute Gasteiger partial charge is 0.340 e. The number of carbonyl (C=O) groups excluding carboxylic acids is 1. The van der Waals surface area contributed by atoms with Gasteiger partial charge in [0.1, 0.15) is 0 Å². The van der Waals surface area contributed by atoms with Gasteiger partial charge in [-0.3, -0.25) is 4.79 Å². The molecule has 19 heavy (non-hydrogen) atoms. The van der Waals surface area contributed by atoms with Gasteiger partial charge in [-0.15, -0.1) is 0 Å². The van der Waals surface area contributed by atoms with Crippen LogP contribution < -0.4 is 5.32 Å². The molecule has 0 aromatic heterocycles. The van der Waals surface area contributed by atoms with E-state index >= 15 is 0 Å². The van der Waals surface area contributed by atoms with E-state index in [1.165, 1.54) is 5.56 Å². The van der Waals surface area contributed by atoms with Gasteiger partial charge in [0.05, 0.1) is 5.92 Å². The van der Waals surface area contributed by atoms with Crippen LogP contribution in [0.25, 0.3) is 0 Å². The second-order valence-corrected chi connectivity index (χ2v) is 5.33. The minimum atomic E-state index is 0.0312. The van der Waals surface area contributed by atoms with Gasteiger partial charge in [-0.1, -0.05) is 43.2 Å². The highest BCUT2D eigenvalue weighted by Crippen LogP contribution is 2.24. The summed E-state index contributed by atoms with van der Waals surface area (Å²) in [4.78, 5) is 14.7. The van der Waals surface area contributed by atoms with Crippen molar-refractivity contribution < 1.29 is 4.79 Å². The van der Waals surface area contributed by atoms with Crippen molar-refractivity contribution in [3.05, 3.63) is 35.4 Å². The van der Waals surface area contributed by atoms with Crippen LogP contribution in [0.2, 0.25) is 0 Å². The molecule has 1 heterocycles. The second-order valence-electron chi connectivity index (χ2n) is 5.33. The first kappa shape index (κ1) is 14.1. The predicted molar refractivity (Wildman–Crippen MR) is 78.3 cm³/mol. The van der Waals surface area contributed by atoms with Gasteiger partial charge in [0.25, 0.3) is 0 Å². The average molecular weight is 260 g/mol. The molecule has 3 nitrogen and oxygen atoms in total. The van der Waals surface area contributed by atoms with E-state index in [-0.39, 0.29) is 5.92 Å². The Hall–Kier alpha value is -1.35. The molecule has 1 amide bonds. The van der Waals surface area contributed by atoms with Gasteiger partial charge < -0.3 is 10.2 Å². The van der Waals surface area contributed by atoms with Crippen molar-refractivity contribution in [2.75, 3.05) is 26.2 Å². The van der Waals surface area contributed by atoms with Gasteiger partial charge in [0.2, 0.25) is 5.91 Å². The Bertz CT molecular complexity index is 407. The summed E-state index contributed by atoms with van der Waals surface area (Å²) in [6.07, 6.45) is 1.97. The molecule has 1 aliphatic rings. The van der Waals surface area contributed by atoms with Crippen molar-refractivity contribution in [3.63, 3.8) is 0 Å². The zero-order valence-electron chi connectivity index (χ0n) is 12.0. The molecule has 1 unspecified atom stereocenters. The Balaban J connectivity index is 2.14. The van der Waals surface area contributed by atoms with Gasteiger partial charge in [-0.2, -0.15) is 0 Å². The van der Waals surface area contributed by atoms with Gasteiger partial charge in [-0.05, 0) is 18.9 Å². The molecule has 1 N–H and O–H groups in total. The highest BCUT2D eigenvalue weighted by molar-refractivity contribution is 5.83. The molecule has 0 radical (unpaired) electrons. The molecule has 1 atom stereocenters. The molecule has 3 heteroatoms. The van der Waals surface area contributed by atoms with Crippen LogP contribution in [0.1, 0.15) is 36.8 Å². The average Bonchev–Trinajstić information content (AvgIpc) is 2.46. The molecule has 0 bridgehead atoms. The van der Waals surface area contributed by atoms with Crippen molar-refractivity contribution in [3.8, 4) is 0 Å². The highest BCUT2D eigenvalue weighted by Gasteiger charge is 2.25. The molecule has 104 valence electrons. The molecule has 1 aromatic rings. The van der Waals surface area contributed by atoms with Crippen LogP contribution in [-0.2, 0) is 4.79 Å². The third kappa shape index (κ3) is 3.57. The van der Waals surface area contributed by atoms with Crippen LogP contribution in [0.15, 0.2) is 24.3 Å². The number of hydrogen-bond donors (Lipinski definition) is 1. The minimum Gasteiger partial charge on any atom is -0.340 e. The lowest BCUT2D eigenvalue weighted by Crippen LogP contribution is -2.48. The Morgan fingerprint density at radius 1 is 1.26 bits per heavy atom. The van der Waals surface area contributed by atoms with Crippen molar-refractivity contribution in [2.45, 2.75) is 32.6 Å². The number of hydrogen-bond acceptors (Lipinski definition) is 2. The first-order chi connectivity index (χ1) is 9.22. The topological polar surface area (TPSA) is 32.3 Å². The summed E-state index contributed by atoms with van der Waals surface area (Å²) in [5.41, 5.74) is 2.41. The first-order valence-corrected chi connectivity index (χ1v) is 7.28. The summed E-state index contributed by atoms with van der Waals surface area (Å²) in [6, 6.07) is 8.41. The van der Waals surface area contributed by atoms with Crippen molar-refractivity contribution in [1.29, 1.82) is 0 Å². The fourth-order valence-electron chi connectivity index (χ4n) is 2.63. The summed E-state index contributed by atoms with van der Waals surface area (Å²) in [5.74, 6) is 0.330. The van der Waals surface area contributed by atoms with Gasteiger partial charge in [-0.25, -0.2) is 0 Å². The zero-order chi connectivity index (χ0) is 13.7. The standard InChI is InChI=1S/C16H24N2O/c1-3-4-15(14-7-5-13(2)6-8-14)16(19)18-11-9-17-10-12-18/h5-8,15,17H,3-4,9-12H2,1-2H3. The van der Waals surface area contributed by atoms with Crippen molar-refractivity contribution >= 4 is 5.91 Å². The van der Waals surface area contributed by atoms with Crippen molar-refractivity contribution in [2.24, 2.45) is 0 Å². The van der Waals surface area contributed by atoms with E-state index in [2.05, 4.69) is 43.4 Å². The number of piperazine rings is 1. The molecule has 0 aliphatic carbocycles. The van der Waals surface area contributed by atoms with Crippen LogP contribution in [0.5, 0.6) is 0 Å². The van der Waals surface area contributed by atoms with Crippen LogP contribution >= 0.6 is 0 Å². The summed E-state index contributed by atoms with van der Waals surface area (Å²) in [5, 5.41) is 3.29. The number of carbonyl (C=O) groups is 1. The van der Waals surface area contributed by atoms with E-state index in [1.807, 2.05) is 4.90 Å². The SMILES string of the molecule is CCCC(C(=O)N1CCNCC1)c1ccc(C)cc1. The third-order valence-electron chi connectivity index (χ3n) is 3.78. The number of nitrogens with zero attached hydrogens (tertiary/aromatic N) is 1. The van der Waals surface area contributed by atoms with E-state index in [0.29, 0.717) is 5.91 Å². The first-order valence-electron chi connectivity index (χ1n) is 7.28. The lowest BCUT2D eigenvalue weighted by molar-refractivity contribution is -0.133. The Kier molecular flexibility index (Phi) is 4.97. The second kappa shape index (κ2) is 6.71. The Labute approximate surface area is 116 Å². The lowest BCUT2D eigenvalue weighted by atomic mass is 9.92. The fourth-order valence-corrected chi connectivity index (χ4v) is 2.63. The summed E-state index contributed by atoms with van der Waals surface area (Å²) in [6.45, 7) is 7.73. The number of rotatable bonds is 4. The lowest BCUT2D eigenvalue weighted by Gasteiger charge is -2.31. The van der Waals surface area contributed by atoms with E-state index < -0.39 is 0 Å². The Morgan fingerprint density at radius 2 is 1.89 bits per heavy atom. The molecular formula is C16H24N2O. The zero-order valence-corrected chi connectivity index (χ0v) is 12.0. The summed E-state index contributed by atoms with van der Waals surface area (Å²) < 4.78 is 0. The quantitative estimate of drug-likeness (QED) is 0.901. The van der Waals surface area contributed by atoms with Crippen LogP contribution in [0, 0.1) is 6.92 Å². The maximum absolute atomic E-state index is 12.7. The predicted octanol–water partition coefficient (Wildman–Crippen LogP) is 2.31. The number of aryl methyl sites for hydroxylation is 1. The van der Waals surface area contributed by atoms with E-state index in [0.717, 1.165) is 44.6 Å². The van der Waals surface area contributed by atoms with Gasteiger partial charge in [0, 0.05) is 26.2 Å². The van der Waals surface area contributed by atoms with E-state index in [1.54, 1.807) is 0 Å². The maximum Gasteiger partial charge on any atom is 0.230 e. The molecule has 0 saturated carbocycles. The summed E-state index contributed by atoms with van der Waals surface area (Å²) >= 11 is 0. The normalized spacial score (nSPS) is 17.3. The smallest absolute Gasteiger partial charge is 0.230 e. The molecule has 1 saturated heterocycles. The number of benzene rings is 1. The van der Waals surface area contributed by atoms with Crippen molar-refractivity contribution in [1.82, 2.24) is 10.2 Å². The minimum absolute atomic E-state index is 0.0312. The molecule has 0 spiro atoms. The monoisotopic (exact) mass is 260 g/mol. The van der Waals surface area contributed by atoms with Crippen LogP contribution in [0.3, 0.4) is 0 Å². The molecule has 1 aromatic carbocycles. The maximum atomic E-state index is 12.7. The van der Waals surface area contributed by atoms with Gasteiger partial charge in [0.15, 0.2) is 0 Å². The molecule has 1 fully saturated rings. The molecule has 2 rings (SSSR count). The number of amides is 1. The third-order valence-corrected chi connectivity index (χ3v) is 3.78. The fraction of sp³-hybridized carbons (Fsp3) is 0.562. The molecule has 1 aliphatic heterocycles. The van der Waals surface area contributed by atoms with E-state index in [9.17, 15) is 4.79 Å². The summed E-state index contributed by atoms with van der Waals surface area (Å²) in [7, 11) is 0. The van der Waals surface area contributed by atoms with Crippen LogP contribution in [-0.4, -0.2) is 37.0 Å². The highest BCUT2D eigenvalue weighted by atomic mass is 16.2. The van der Waals surface area contributed by atoms with Gasteiger partial charge >= 0.3 is 0 Å². The van der Waals surface area contributed by atoms with E-state index in [4.69, 9.17) is 0 Å². The van der Waals surface area contributed by atoms with Crippen LogP contribution in [0.4, 0.5) is 0 Å². The molecular weight excluding hydrogens is 236 g/mol. The Morgan fingerprint density at radius 3 is 2.47 bits per heavy atom.